The molecule has 3 aromatic rings. The van der Waals surface area contributed by atoms with E-state index in [1.54, 1.807) is 24.3 Å². The second kappa shape index (κ2) is 13.3. The Morgan fingerprint density at radius 1 is 0.951 bits per heavy atom. The number of hydrogen-bond donors (Lipinski definition) is 0. The summed E-state index contributed by atoms with van der Waals surface area (Å²) in [6.45, 7) is 1.86. The predicted molar refractivity (Wildman–Crippen MR) is 148 cm³/mol. The third-order valence-corrected chi connectivity index (χ3v) is 7.82. The Balaban J connectivity index is 1.27. The molecule has 41 heavy (non-hydrogen) atoms. The van der Waals surface area contributed by atoms with Crippen molar-refractivity contribution < 1.29 is 32.3 Å². The number of alkyl halides is 3. The molecule has 4 rings (SSSR count). The molecule has 0 N–H and O–H groups in total. The van der Waals surface area contributed by atoms with E-state index in [-0.39, 0.29) is 37.4 Å². The molecule has 218 valence electrons. The zero-order chi connectivity index (χ0) is 29.6. The molecular weight excluding hydrogens is 533 g/mol. The molecule has 2 aromatic carbocycles. The molecule has 0 saturated heterocycles. The summed E-state index contributed by atoms with van der Waals surface area (Å²) in [6, 6.07) is 14.8. The van der Waals surface area contributed by atoms with Crippen molar-refractivity contribution in [1.29, 1.82) is 0 Å². The number of methoxy groups -OCH3 is 1. The van der Waals surface area contributed by atoms with Crippen molar-refractivity contribution in [2.75, 3.05) is 7.11 Å². The summed E-state index contributed by atoms with van der Waals surface area (Å²) in [4.78, 5) is 36.8. The first-order valence-electron chi connectivity index (χ1n) is 14.0. The smallest absolute Gasteiger partial charge is 0.435 e. The number of aromatic nitrogens is 2. The molecule has 1 heterocycles. The zero-order valence-corrected chi connectivity index (χ0v) is 23.4. The maximum absolute atomic E-state index is 13.6. The Labute approximate surface area is 237 Å². The van der Waals surface area contributed by atoms with Crippen LogP contribution in [-0.2, 0) is 26.9 Å². The van der Waals surface area contributed by atoms with Gasteiger partial charge in [0.05, 0.1) is 18.4 Å². The number of Topliss-reactive ketones (excluding diaryl/α,β-unsaturated/α-hetero) is 2. The minimum atomic E-state index is -4.77. The van der Waals surface area contributed by atoms with Crippen LogP contribution in [0.15, 0.2) is 54.7 Å². The standard InChI is InChI=1S/C32H35F3N2O4/c1-21-6-16-26(17-7-21)37-20-28(31(36-37)32(33,34)35)29(39)5-3-4-27(38)18-22-8-12-24(13-9-22)25-14-10-23(11-15-25)19-30(40)41-2/h6-9,12-13,16-17,20,23,25H,3-5,10-11,14-15,18-19H2,1-2H3. The number of hydrogen-bond acceptors (Lipinski definition) is 5. The first-order chi connectivity index (χ1) is 19.5. The van der Waals surface area contributed by atoms with E-state index in [1.165, 1.54) is 12.7 Å². The molecule has 0 aliphatic heterocycles. The van der Waals surface area contributed by atoms with Gasteiger partial charge in [0.1, 0.15) is 5.78 Å². The maximum atomic E-state index is 13.6. The van der Waals surface area contributed by atoms with E-state index in [0.717, 1.165) is 47.7 Å². The predicted octanol–water partition coefficient (Wildman–Crippen LogP) is 7.20. The van der Waals surface area contributed by atoms with E-state index in [2.05, 4.69) is 5.10 Å². The normalized spacial score (nSPS) is 17.3. The van der Waals surface area contributed by atoms with Crippen LogP contribution in [0.4, 0.5) is 13.2 Å². The lowest BCUT2D eigenvalue weighted by Gasteiger charge is -2.28. The van der Waals surface area contributed by atoms with Crippen molar-refractivity contribution >= 4 is 17.5 Å². The van der Waals surface area contributed by atoms with Crippen LogP contribution in [0, 0.1) is 12.8 Å². The van der Waals surface area contributed by atoms with E-state index in [9.17, 15) is 27.6 Å². The molecule has 6 nitrogen and oxygen atoms in total. The van der Waals surface area contributed by atoms with Crippen LogP contribution in [0.1, 0.15) is 90.0 Å². The fourth-order valence-corrected chi connectivity index (χ4v) is 5.44. The Hall–Kier alpha value is -3.75. The fourth-order valence-electron chi connectivity index (χ4n) is 5.44. The van der Waals surface area contributed by atoms with E-state index in [0.29, 0.717) is 23.9 Å². The van der Waals surface area contributed by atoms with Crippen molar-refractivity contribution in [3.8, 4) is 5.69 Å². The molecule has 0 spiro atoms. The van der Waals surface area contributed by atoms with E-state index < -0.39 is 23.2 Å². The molecule has 0 atom stereocenters. The molecule has 0 bridgehead atoms. The number of ketones is 2. The van der Waals surface area contributed by atoms with Crippen LogP contribution in [0.25, 0.3) is 5.69 Å². The average molecular weight is 569 g/mol. The monoisotopic (exact) mass is 568 g/mol. The summed E-state index contributed by atoms with van der Waals surface area (Å²) < 4.78 is 46.7. The Kier molecular flexibility index (Phi) is 9.78. The van der Waals surface area contributed by atoms with Crippen LogP contribution in [-0.4, -0.2) is 34.4 Å². The van der Waals surface area contributed by atoms with Crippen molar-refractivity contribution in [3.05, 3.63) is 82.7 Å². The lowest BCUT2D eigenvalue weighted by atomic mass is 9.77. The van der Waals surface area contributed by atoms with Gasteiger partial charge in [-0.05, 0) is 74.1 Å². The fraction of sp³-hybridized carbons (Fsp3) is 0.438. The lowest BCUT2D eigenvalue weighted by Crippen LogP contribution is -2.17. The minimum absolute atomic E-state index is 0.0692. The van der Waals surface area contributed by atoms with Crippen LogP contribution < -0.4 is 0 Å². The van der Waals surface area contributed by atoms with Gasteiger partial charge in [0.2, 0.25) is 0 Å². The third kappa shape index (κ3) is 8.15. The quantitative estimate of drug-likeness (QED) is 0.181. The molecule has 1 saturated carbocycles. The molecule has 0 unspecified atom stereocenters. The Morgan fingerprint density at radius 3 is 2.22 bits per heavy atom. The van der Waals surface area contributed by atoms with Gasteiger partial charge < -0.3 is 4.74 Å². The van der Waals surface area contributed by atoms with Gasteiger partial charge in [0.25, 0.3) is 0 Å². The van der Waals surface area contributed by atoms with Gasteiger partial charge in [-0.25, -0.2) is 4.68 Å². The topological polar surface area (TPSA) is 78.3 Å². The minimum Gasteiger partial charge on any atom is -0.469 e. The second-order valence-corrected chi connectivity index (χ2v) is 10.9. The van der Waals surface area contributed by atoms with E-state index in [1.807, 2.05) is 31.2 Å². The first kappa shape index (κ1) is 30.2. The average Bonchev–Trinajstić information content (AvgIpc) is 3.41. The highest BCUT2D eigenvalue weighted by atomic mass is 19.4. The number of aryl methyl sites for hydroxylation is 1. The van der Waals surface area contributed by atoms with Crippen molar-refractivity contribution in [3.63, 3.8) is 0 Å². The number of esters is 1. The van der Waals surface area contributed by atoms with Crippen molar-refractivity contribution in [2.45, 2.75) is 76.8 Å². The zero-order valence-electron chi connectivity index (χ0n) is 23.4. The number of carbonyl (C=O) groups excluding carboxylic acids is 3. The lowest BCUT2D eigenvalue weighted by molar-refractivity contribution is -0.142. The number of nitrogens with zero attached hydrogens (tertiary/aromatic N) is 2. The molecule has 1 fully saturated rings. The Morgan fingerprint density at radius 2 is 1.61 bits per heavy atom. The molecule has 1 aromatic heterocycles. The largest absolute Gasteiger partial charge is 0.469 e. The first-order valence-corrected chi connectivity index (χ1v) is 14.0. The molecule has 0 radical (unpaired) electrons. The highest BCUT2D eigenvalue weighted by Crippen LogP contribution is 2.37. The number of benzene rings is 2. The van der Waals surface area contributed by atoms with Gasteiger partial charge in [-0.1, -0.05) is 42.0 Å². The van der Waals surface area contributed by atoms with Crippen molar-refractivity contribution in [1.82, 2.24) is 9.78 Å². The van der Waals surface area contributed by atoms with Gasteiger partial charge in [0.15, 0.2) is 11.5 Å². The van der Waals surface area contributed by atoms with Crippen LogP contribution in [0.2, 0.25) is 0 Å². The van der Waals surface area contributed by atoms with Crippen LogP contribution in [0.3, 0.4) is 0 Å². The highest BCUT2D eigenvalue weighted by Gasteiger charge is 2.39. The van der Waals surface area contributed by atoms with E-state index >= 15 is 0 Å². The third-order valence-electron chi connectivity index (χ3n) is 7.82. The van der Waals surface area contributed by atoms with Gasteiger partial charge in [-0.3, -0.25) is 14.4 Å². The summed E-state index contributed by atoms with van der Waals surface area (Å²) in [5.41, 5.74) is 1.75. The van der Waals surface area contributed by atoms with Crippen LogP contribution in [0.5, 0.6) is 0 Å². The number of rotatable bonds is 11. The maximum Gasteiger partial charge on any atom is 0.435 e. The summed E-state index contributed by atoms with van der Waals surface area (Å²) in [5, 5.41) is 3.65. The summed E-state index contributed by atoms with van der Waals surface area (Å²) >= 11 is 0. The number of halogens is 3. The van der Waals surface area contributed by atoms with E-state index in [4.69, 9.17) is 4.74 Å². The van der Waals surface area contributed by atoms with Gasteiger partial charge >= 0.3 is 12.1 Å². The van der Waals surface area contributed by atoms with Gasteiger partial charge in [-0.2, -0.15) is 18.3 Å². The molecule has 1 aliphatic rings. The summed E-state index contributed by atoms with van der Waals surface area (Å²) in [6.07, 6.45) is 1.09. The summed E-state index contributed by atoms with van der Waals surface area (Å²) in [7, 11) is 1.41. The SMILES string of the molecule is COC(=O)CC1CCC(c2ccc(CC(=O)CCCC(=O)c3cn(-c4ccc(C)cc4)nc3C(F)(F)F)cc2)CC1. The second-order valence-electron chi connectivity index (χ2n) is 10.9. The molecular formula is C32H35F3N2O4. The van der Waals surface area contributed by atoms with Gasteiger partial charge in [0, 0.05) is 31.9 Å². The molecule has 9 heteroatoms. The number of carbonyl (C=O) groups is 3. The van der Waals surface area contributed by atoms with Crippen molar-refractivity contribution in [2.24, 2.45) is 5.92 Å². The van der Waals surface area contributed by atoms with Crippen LogP contribution >= 0.6 is 0 Å². The van der Waals surface area contributed by atoms with Gasteiger partial charge in [-0.15, -0.1) is 0 Å². The Bertz CT molecular complexity index is 1350. The summed E-state index contributed by atoms with van der Waals surface area (Å²) in [5.74, 6) is -0.120. The number of ether oxygens (including phenoxy) is 1. The molecule has 1 aliphatic carbocycles. The molecule has 0 amide bonds. The highest BCUT2D eigenvalue weighted by molar-refractivity contribution is 5.97.